The van der Waals surface area contributed by atoms with Crippen LogP contribution in [0.4, 0.5) is 0 Å². The van der Waals surface area contributed by atoms with Gasteiger partial charge in [-0.1, -0.05) is 6.42 Å². The van der Waals surface area contributed by atoms with E-state index < -0.39 is 11.5 Å². The maximum atomic E-state index is 11.8. The van der Waals surface area contributed by atoms with Gasteiger partial charge in [-0.25, -0.2) is 0 Å². The zero-order valence-corrected chi connectivity index (χ0v) is 13.3. The van der Waals surface area contributed by atoms with E-state index in [0.717, 1.165) is 51.7 Å². The third-order valence-corrected chi connectivity index (χ3v) is 4.74. The number of carbonyl (C=O) groups is 1. The summed E-state index contributed by atoms with van der Waals surface area (Å²) >= 11 is 0. The van der Waals surface area contributed by atoms with E-state index in [4.69, 9.17) is 9.47 Å². The lowest BCUT2D eigenvalue weighted by molar-refractivity contribution is -0.147. The number of carboxylic acids is 1. The van der Waals surface area contributed by atoms with Crippen LogP contribution >= 0.6 is 0 Å². The molecule has 0 aromatic carbocycles. The average Bonchev–Trinajstić information content (AvgIpc) is 2.83. The van der Waals surface area contributed by atoms with Gasteiger partial charge in [0.2, 0.25) is 0 Å². The van der Waals surface area contributed by atoms with Crippen LogP contribution in [0.2, 0.25) is 0 Å². The molecule has 2 rings (SSSR count). The van der Waals surface area contributed by atoms with E-state index in [2.05, 4.69) is 5.32 Å². The van der Waals surface area contributed by atoms with Gasteiger partial charge in [0.05, 0.1) is 6.10 Å². The van der Waals surface area contributed by atoms with Crippen molar-refractivity contribution >= 4 is 5.97 Å². The second-order valence-corrected chi connectivity index (χ2v) is 6.64. The van der Waals surface area contributed by atoms with E-state index >= 15 is 0 Å². The Bertz CT molecular complexity index is 341. The minimum Gasteiger partial charge on any atom is -0.480 e. The van der Waals surface area contributed by atoms with Gasteiger partial charge in [0.15, 0.2) is 0 Å². The lowest BCUT2D eigenvalue weighted by Gasteiger charge is -2.34. The molecule has 2 N–H and O–H groups in total. The Labute approximate surface area is 127 Å². The van der Waals surface area contributed by atoms with Crippen molar-refractivity contribution in [1.29, 1.82) is 0 Å². The highest BCUT2D eigenvalue weighted by Gasteiger charge is 2.49. The standard InChI is InChI=1S/C16H29NO4/c1-12(2)17-16(15(18)19)8-3-4-13(16)5-11-21-14-6-9-20-10-7-14/h12-14,17H,3-11H2,1-2H3,(H,18,19). The first kappa shape index (κ1) is 16.7. The highest BCUT2D eigenvalue weighted by Crippen LogP contribution is 2.38. The molecule has 2 aliphatic rings. The van der Waals surface area contributed by atoms with Crippen molar-refractivity contribution < 1.29 is 19.4 Å². The van der Waals surface area contributed by atoms with E-state index in [9.17, 15) is 9.90 Å². The fourth-order valence-electron chi connectivity index (χ4n) is 3.74. The predicted molar refractivity (Wildman–Crippen MR) is 80.4 cm³/mol. The van der Waals surface area contributed by atoms with Gasteiger partial charge in [0, 0.05) is 25.9 Å². The van der Waals surface area contributed by atoms with Crippen LogP contribution in [-0.2, 0) is 14.3 Å². The van der Waals surface area contributed by atoms with E-state index in [0.29, 0.717) is 6.61 Å². The number of hydrogen-bond acceptors (Lipinski definition) is 4. The molecule has 0 bridgehead atoms. The minimum absolute atomic E-state index is 0.164. The summed E-state index contributed by atoms with van der Waals surface area (Å²) in [5.41, 5.74) is -0.757. The van der Waals surface area contributed by atoms with E-state index in [1.807, 2.05) is 13.8 Å². The molecule has 1 aliphatic carbocycles. The average molecular weight is 299 g/mol. The SMILES string of the molecule is CC(C)NC1(C(=O)O)CCCC1CCOC1CCOCC1. The van der Waals surface area contributed by atoms with Crippen molar-refractivity contribution in [2.75, 3.05) is 19.8 Å². The van der Waals surface area contributed by atoms with Crippen LogP contribution in [-0.4, -0.2) is 48.6 Å². The summed E-state index contributed by atoms with van der Waals surface area (Å²) in [4.78, 5) is 11.8. The van der Waals surface area contributed by atoms with Crippen LogP contribution in [0.5, 0.6) is 0 Å². The Kier molecular flexibility index (Phi) is 6.02. The van der Waals surface area contributed by atoms with Crippen molar-refractivity contribution in [3.05, 3.63) is 0 Å². The number of hydrogen-bond donors (Lipinski definition) is 2. The summed E-state index contributed by atoms with van der Waals surface area (Å²) in [5.74, 6) is -0.540. The molecule has 2 atom stereocenters. The smallest absolute Gasteiger partial charge is 0.324 e. The molecule has 122 valence electrons. The van der Waals surface area contributed by atoms with Gasteiger partial charge in [0.25, 0.3) is 0 Å². The molecule has 5 heteroatoms. The quantitative estimate of drug-likeness (QED) is 0.754. The third-order valence-electron chi connectivity index (χ3n) is 4.74. The highest BCUT2D eigenvalue weighted by molar-refractivity contribution is 5.79. The molecule has 0 radical (unpaired) electrons. The molecule has 0 spiro atoms. The van der Waals surface area contributed by atoms with Gasteiger partial charge in [-0.15, -0.1) is 0 Å². The number of nitrogens with one attached hydrogen (secondary N) is 1. The molecule has 5 nitrogen and oxygen atoms in total. The maximum absolute atomic E-state index is 11.8. The Morgan fingerprint density at radius 1 is 1.38 bits per heavy atom. The Balaban J connectivity index is 1.86. The fraction of sp³-hybridized carbons (Fsp3) is 0.938. The van der Waals surface area contributed by atoms with Crippen molar-refractivity contribution in [2.45, 2.75) is 70.1 Å². The zero-order valence-electron chi connectivity index (χ0n) is 13.3. The van der Waals surface area contributed by atoms with Crippen LogP contribution in [0.25, 0.3) is 0 Å². The fourth-order valence-corrected chi connectivity index (χ4v) is 3.74. The first-order chi connectivity index (χ1) is 10.0. The summed E-state index contributed by atoms with van der Waals surface area (Å²) < 4.78 is 11.2. The van der Waals surface area contributed by atoms with Gasteiger partial charge in [-0.05, 0) is 51.9 Å². The Morgan fingerprint density at radius 2 is 2.10 bits per heavy atom. The summed E-state index contributed by atoms with van der Waals surface area (Å²) in [5, 5.41) is 13.0. The van der Waals surface area contributed by atoms with Gasteiger partial charge < -0.3 is 14.6 Å². The minimum atomic E-state index is -0.757. The number of rotatable bonds is 7. The first-order valence-electron chi connectivity index (χ1n) is 8.25. The van der Waals surface area contributed by atoms with Crippen LogP contribution in [0, 0.1) is 5.92 Å². The maximum Gasteiger partial charge on any atom is 0.324 e. The molecule has 21 heavy (non-hydrogen) atoms. The van der Waals surface area contributed by atoms with E-state index in [1.165, 1.54) is 0 Å². The summed E-state index contributed by atoms with van der Waals surface area (Å²) in [6.07, 6.45) is 5.71. The molecule has 0 amide bonds. The van der Waals surface area contributed by atoms with Crippen LogP contribution in [0.1, 0.15) is 52.4 Å². The summed E-state index contributed by atoms with van der Waals surface area (Å²) in [7, 11) is 0. The molecule has 0 aromatic heterocycles. The summed E-state index contributed by atoms with van der Waals surface area (Å²) in [6, 6.07) is 0.179. The van der Waals surface area contributed by atoms with Crippen molar-refractivity contribution in [1.82, 2.24) is 5.32 Å². The topological polar surface area (TPSA) is 67.8 Å². The molecular weight excluding hydrogens is 270 g/mol. The number of carboxylic acid groups (broad SMARTS) is 1. The zero-order chi connectivity index (χ0) is 15.3. The largest absolute Gasteiger partial charge is 0.480 e. The molecule has 2 unspecified atom stereocenters. The number of aliphatic carboxylic acids is 1. The van der Waals surface area contributed by atoms with Crippen molar-refractivity contribution in [2.24, 2.45) is 5.92 Å². The molecule has 1 saturated carbocycles. The van der Waals surface area contributed by atoms with Crippen LogP contribution < -0.4 is 5.32 Å². The Hall–Kier alpha value is -0.650. The van der Waals surface area contributed by atoms with Crippen molar-refractivity contribution in [3.8, 4) is 0 Å². The van der Waals surface area contributed by atoms with E-state index in [-0.39, 0.29) is 18.1 Å². The molecule has 1 saturated heterocycles. The molecule has 1 heterocycles. The second kappa shape index (κ2) is 7.56. The lowest BCUT2D eigenvalue weighted by Crippen LogP contribution is -2.57. The molecule has 2 fully saturated rings. The van der Waals surface area contributed by atoms with Crippen LogP contribution in [0.15, 0.2) is 0 Å². The van der Waals surface area contributed by atoms with Crippen molar-refractivity contribution in [3.63, 3.8) is 0 Å². The van der Waals surface area contributed by atoms with Gasteiger partial charge in [0.1, 0.15) is 5.54 Å². The number of ether oxygens (including phenoxy) is 2. The van der Waals surface area contributed by atoms with E-state index in [1.54, 1.807) is 0 Å². The lowest BCUT2D eigenvalue weighted by atomic mass is 9.84. The molecular formula is C16H29NO4. The monoisotopic (exact) mass is 299 g/mol. The van der Waals surface area contributed by atoms with Crippen LogP contribution in [0.3, 0.4) is 0 Å². The van der Waals surface area contributed by atoms with Gasteiger partial charge >= 0.3 is 5.97 Å². The molecule has 0 aromatic rings. The second-order valence-electron chi connectivity index (χ2n) is 6.64. The predicted octanol–water partition coefficient (Wildman–Crippen LogP) is 2.19. The third kappa shape index (κ3) is 4.18. The summed E-state index contributed by atoms with van der Waals surface area (Å²) in [6.45, 7) is 6.24. The van der Waals surface area contributed by atoms with Gasteiger partial charge in [-0.2, -0.15) is 0 Å². The Morgan fingerprint density at radius 3 is 2.71 bits per heavy atom. The first-order valence-corrected chi connectivity index (χ1v) is 8.25. The molecule has 1 aliphatic heterocycles. The normalized spacial score (nSPS) is 30.9. The highest BCUT2D eigenvalue weighted by atomic mass is 16.5. The van der Waals surface area contributed by atoms with Gasteiger partial charge in [-0.3, -0.25) is 10.1 Å².